The lowest BCUT2D eigenvalue weighted by Gasteiger charge is -2.05. The Balaban J connectivity index is 2.41. The molecule has 0 fully saturated rings. The molecule has 1 aromatic carbocycles. The van der Waals surface area contributed by atoms with Gasteiger partial charge in [-0.2, -0.15) is 0 Å². The molecule has 94 valence electrons. The Morgan fingerprint density at radius 1 is 1.12 bits per heavy atom. The maximum atomic E-state index is 11.7. The summed E-state index contributed by atoms with van der Waals surface area (Å²) in [6, 6.07) is 5.41. The fourth-order valence-corrected chi connectivity index (χ4v) is 2.74. The molecule has 1 aromatic rings. The molecule has 0 saturated heterocycles. The number of unbranched alkanes of at least 4 members (excludes halogenated alkanes) is 3. The number of carbonyl (C=O) groups is 1. The Labute approximate surface area is 119 Å². The summed E-state index contributed by atoms with van der Waals surface area (Å²) in [6.45, 7) is 2.66. The molecule has 0 N–H and O–H groups in total. The van der Waals surface area contributed by atoms with E-state index in [1.807, 2.05) is 6.07 Å². The van der Waals surface area contributed by atoms with Crippen LogP contribution in [-0.2, 0) is 4.74 Å². The van der Waals surface area contributed by atoms with Gasteiger partial charge in [-0.25, -0.2) is 4.79 Å². The lowest BCUT2D eigenvalue weighted by molar-refractivity contribution is 0.0497. The topological polar surface area (TPSA) is 26.3 Å². The van der Waals surface area contributed by atoms with Crippen LogP contribution in [0.5, 0.6) is 0 Å². The summed E-state index contributed by atoms with van der Waals surface area (Å²) in [5.74, 6) is -0.261. The summed E-state index contributed by atoms with van der Waals surface area (Å²) < 4.78 is 6.94. The molecule has 17 heavy (non-hydrogen) atoms. The molecule has 0 radical (unpaired) electrons. The molecule has 0 aliphatic rings. The van der Waals surface area contributed by atoms with E-state index in [4.69, 9.17) is 4.74 Å². The van der Waals surface area contributed by atoms with Gasteiger partial charge in [-0.3, -0.25) is 0 Å². The van der Waals surface area contributed by atoms with Crippen molar-refractivity contribution >= 4 is 37.8 Å². The highest BCUT2D eigenvalue weighted by atomic mass is 79.9. The van der Waals surface area contributed by atoms with Crippen LogP contribution in [0.3, 0.4) is 0 Å². The lowest BCUT2D eigenvalue weighted by Crippen LogP contribution is -2.06. The summed E-state index contributed by atoms with van der Waals surface area (Å²) >= 11 is 6.69. The first-order valence-corrected chi connectivity index (χ1v) is 7.35. The largest absolute Gasteiger partial charge is 0.462 e. The summed E-state index contributed by atoms with van der Waals surface area (Å²) in [5.41, 5.74) is 0.571. The van der Waals surface area contributed by atoms with Gasteiger partial charge in [0.15, 0.2) is 0 Å². The number of hydrogen-bond acceptors (Lipinski definition) is 2. The normalized spacial score (nSPS) is 10.3. The predicted octanol–water partition coefficient (Wildman–Crippen LogP) is 4.95. The van der Waals surface area contributed by atoms with E-state index in [9.17, 15) is 4.79 Å². The molecule has 1 rings (SSSR count). The molecule has 0 aliphatic heterocycles. The zero-order chi connectivity index (χ0) is 12.7. The fourth-order valence-electron chi connectivity index (χ4n) is 1.45. The Morgan fingerprint density at radius 3 is 2.35 bits per heavy atom. The van der Waals surface area contributed by atoms with Crippen molar-refractivity contribution in [3.05, 3.63) is 32.7 Å². The Bertz CT molecular complexity index is 357. The first kappa shape index (κ1) is 14.7. The molecule has 0 heterocycles. The Hall–Kier alpha value is -0.350. The number of benzene rings is 1. The zero-order valence-electron chi connectivity index (χ0n) is 9.84. The van der Waals surface area contributed by atoms with Crippen molar-refractivity contribution < 1.29 is 9.53 Å². The number of rotatable bonds is 6. The van der Waals surface area contributed by atoms with Gasteiger partial charge >= 0.3 is 5.97 Å². The van der Waals surface area contributed by atoms with Crippen LogP contribution < -0.4 is 0 Å². The third-order valence-corrected chi connectivity index (χ3v) is 3.24. The van der Waals surface area contributed by atoms with Crippen LogP contribution in [0.2, 0.25) is 0 Å². The van der Waals surface area contributed by atoms with E-state index >= 15 is 0 Å². The monoisotopic (exact) mass is 362 g/mol. The van der Waals surface area contributed by atoms with Crippen LogP contribution in [0, 0.1) is 0 Å². The maximum Gasteiger partial charge on any atom is 0.338 e. The average molecular weight is 364 g/mol. The number of carbonyl (C=O) groups excluding carboxylic acids is 1. The van der Waals surface area contributed by atoms with Crippen LogP contribution in [0.25, 0.3) is 0 Å². The van der Waals surface area contributed by atoms with Gasteiger partial charge in [0.2, 0.25) is 0 Å². The third-order valence-electron chi connectivity index (χ3n) is 2.33. The van der Waals surface area contributed by atoms with Crippen LogP contribution in [0.1, 0.15) is 43.0 Å². The van der Waals surface area contributed by atoms with Gasteiger partial charge in [0.25, 0.3) is 0 Å². The molecule has 0 aromatic heterocycles. The molecule has 0 amide bonds. The predicted molar refractivity (Wildman–Crippen MR) is 76.3 cm³/mol. The first-order chi connectivity index (χ1) is 8.13. The Kier molecular flexibility index (Phi) is 6.82. The second-order valence-corrected chi connectivity index (χ2v) is 5.69. The van der Waals surface area contributed by atoms with Crippen LogP contribution in [-0.4, -0.2) is 12.6 Å². The van der Waals surface area contributed by atoms with Crippen molar-refractivity contribution in [2.24, 2.45) is 0 Å². The van der Waals surface area contributed by atoms with E-state index in [1.165, 1.54) is 12.8 Å². The molecule has 2 nitrogen and oxygen atoms in total. The minimum Gasteiger partial charge on any atom is -0.462 e. The van der Waals surface area contributed by atoms with Crippen LogP contribution in [0.4, 0.5) is 0 Å². The molecule has 0 bridgehead atoms. The van der Waals surface area contributed by atoms with Crippen molar-refractivity contribution in [2.45, 2.75) is 32.6 Å². The van der Waals surface area contributed by atoms with Crippen molar-refractivity contribution in [2.75, 3.05) is 6.61 Å². The van der Waals surface area contributed by atoms with Gasteiger partial charge in [0, 0.05) is 8.95 Å². The smallest absolute Gasteiger partial charge is 0.338 e. The van der Waals surface area contributed by atoms with E-state index in [0.717, 1.165) is 21.8 Å². The van der Waals surface area contributed by atoms with Crippen molar-refractivity contribution in [1.29, 1.82) is 0 Å². The summed E-state index contributed by atoms with van der Waals surface area (Å²) in [6.07, 6.45) is 4.44. The number of esters is 1. The number of ether oxygens (including phenoxy) is 1. The van der Waals surface area contributed by atoms with E-state index in [0.29, 0.717) is 12.2 Å². The third kappa shape index (κ3) is 5.68. The standard InChI is InChI=1S/C13H16Br2O2/c1-2-3-4-5-6-17-13(16)10-7-11(14)9-12(15)8-10/h7-9H,2-6H2,1H3. The van der Waals surface area contributed by atoms with Gasteiger partial charge in [-0.1, -0.05) is 58.0 Å². The van der Waals surface area contributed by atoms with Crippen LogP contribution >= 0.6 is 31.9 Å². The highest BCUT2D eigenvalue weighted by Crippen LogP contribution is 2.20. The Morgan fingerprint density at radius 2 is 1.76 bits per heavy atom. The molecule has 4 heteroatoms. The van der Waals surface area contributed by atoms with Gasteiger partial charge in [0.1, 0.15) is 0 Å². The fraction of sp³-hybridized carbons (Fsp3) is 0.462. The zero-order valence-corrected chi connectivity index (χ0v) is 13.0. The van der Waals surface area contributed by atoms with Crippen molar-refractivity contribution in [3.8, 4) is 0 Å². The number of hydrogen-bond donors (Lipinski definition) is 0. The van der Waals surface area contributed by atoms with E-state index in [2.05, 4.69) is 38.8 Å². The van der Waals surface area contributed by atoms with Crippen molar-refractivity contribution in [3.63, 3.8) is 0 Å². The maximum absolute atomic E-state index is 11.7. The van der Waals surface area contributed by atoms with Crippen molar-refractivity contribution in [1.82, 2.24) is 0 Å². The quantitative estimate of drug-likeness (QED) is 0.528. The SMILES string of the molecule is CCCCCCOC(=O)c1cc(Br)cc(Br)c1. The minimum absolute atomic E-state index is 0.261. The highest BCUT2D eigenvalue weighted by Gasteiger charge is 2.08. The lowest BCUT2D eigenvalue weighted by atomic mass is 10.2. The summed E-state index contributed by atoms with van der Waals surface area (Å²) in [5, 5.41) is 0. The molecular formula is C13H16Br2O2. The molecule has 0 aliphatic carbocycles. The number of halogens is 2. The van der Waals surface area contributed by atoms with E-state index in [-0.39, 0.29) is 5.97 Å². The van der Waals surface area contributed by atoms with Gasteiger partial charge < -0.3 is 4.74 Å². The molecule has 0 unspecified atom stereocenters. The summed E-state index contributed by atoms with van der Waals surface area (Å²) in [4.78, 5) is 11.7. The van der Waals surface area contributed by atoms with Gasteiger partial charge in [0.05, 0.1) is 12.2 Å². The highest BCUT2D eigenvalue weighted by molar-refractivity contribution is 9.11. The van der Waals surface area contributed by atoms with Gasteiger partial charge in [-0.15, -0.1) is 0 Å². The average Bonchev–Trinajstić information content (AvgIpc) is 2.27. The summed E-state index contributed by atoms with van der Waals surface area (Å²) in [7, 11) is 0. The molecule has 0 atom stereocenters. The first-order valence-electron chi connectivity index (χ1n) is 5.76. The second kappa shape index (κ2) is 7.88. The second-order valence-electron chi connectivity index (χ2n) is 3.85. The van der Waals surface area contributed by atoms with Crippen LogP contribution in [0.15, 0.2) is 27.1 Å². The van der Waals surface area contributed by atoms with E-state index in [1.54, 1.807) is 12.1 Å². The molecular weight excluding hydrogens is 348 g/mol. The van der Waals surface area contributed by atoms with E-state index < -0.39 is 0 Å². The molecule has 0 spiro atoms. The van der Waals surface area contributed by atoms with Gasteiger partial charge in [-0.05, 0) is 24.6 Å². The molecule has 0 saturated carbocycles. The minimum atomic E-state index is -0.261.